The van der Waals surface area contributed by atoms with E-state index in [1.807, 2.05) is 38.1 Å². The molecule has 0 radical (unpaired) electrons. The van der Waals surface area contributed by atoms with E-state index in [9.17, 15) is 9.59 Å². The Bertz CT molecular complexity index is 846. The normalized spacial score (nSPS) is 22.0. The molecule has 0 N–H and O–H groups in total. The van der Waals surface area contributed by atoms with Crippen molar-refractivity contribution in [1.29, 1.82) is 0 Å². The Morgan fingerprint density at radius 1 is 0.844 bits per heavy atom. The van der Waals surface area contributed by atoms with Crippen molar-refractivity contribution in [2.24, 2.45) is 0 Å². The minimum Gasteiger partial charge on any atom is -0.491 e. The van der Waals surface area contributed by atoms with Gasteiger partial charge in [-0.2, -0.15) is 0 Å². The third-order valence-electron chi connectivity index (χ3n) is 6.86. The van der Waals surface area contributed by atoms with Crippen LogP contribution in [0.5, 0.6) is 5.75 Å². The first-order valence-corrected chi connectivity index (χ1v) is 12.3. The molecule has 174 valence electrons. The Balaban J connectivity index is 1.67. The Kier molecular flexibility index (Phi) is 7.19. The fraction of sp³-hybridized carbons (Fsp3) is 0.615. The summed E-state index contributed by atoms with van der Waals surface area (Å²) < 4.78 is 5.78. The van der Waals surface area contributed by atoms with Crippen molar-refractivity contribution >= 4 is 17.4 Å². The van der Waals surface area contributed by atoms with Gasteiger partial charge in [-0.05, 0) is 51.4 Å². The molecule has 1 saturated heterocycles. The number of rotatable bonds is 5. The van der Waals surface area contributed by atoms with E-state index in [-0.39, 0.29) is 24.0 Å². The molecule has 1 aliphatic carbocycles. The summed E-state index contributed by atoms with van der Waals surface area (Å²) in [6.07, 6.45) is 7.74. The molecular formula is C26H37N3O3. The van der Waals surface area contributed by atoms with Crippen LogP contribution in [0.4, 0.5) is 0 Å². The van der Waals surface area contributed by atoms with Crippen molar-refractivity contribution in [2.45, 2.75) is 70.9 Å². The maximum atomic E-state index is 13.8. The van der Waals surface area contributed by atoms with E-state index in [1.165, 1.54) is 19.3 Å². The molecule has 2 heterocycles. The summed E-state index contributed by atoms with van der Waals surface area (Å²) in [7, 11) is 2.10. The average molecular weight is 440 g/mol. The molecule has 32 heavy (non-hydrogen) atoms. The van der Waals surface area contributed by atoms with Crippen LogP contribution in [-0.4, -0.2) is 71.9 Å². The van der Waals surface area contributed by atoms with Crippen LogP contribution in [0.3, 0.4) is 0 Å². The van der Waals surface area contributed by atoms with Crippen LogP contribution >= 0.6 is 0 Å². The maximum absolute atomic E-state index is 13.8. The quantitative estimate of drug-likeness (QED) is 0.651. The third kappa shape index (κ3) is 4.85. The van der Waals surface area contributed by atoms with Crippen LogP contribution in [0.1, 0.15) is 64.4 Å². The van der Waals surface area contributed by atoms with Gasteiger partial charge in [0.05, 0.1) is 11.7 Å². The molecular weight excluding hydrogens is 402 g/mol. The zero-order chi connectivity index (χ0) is 22.7. The molecule has 0 aromatic heterocycles. The van der Waals surface area contributed by atoms with Crippen LogP contribution in [0.15, 0.2) is 30.0 Å². The van der Waals surface area contributed by atoms with E-state index in [2.05, 4.69) is 16.8 Å². The number of likely N-dealkylation sites (N-methyl/N-ethyl adjacent to an activating group) is 1. The first kappa shape index (κ1) is 22.8. The lowest BCUT2D eigenvalue weighted by molar-refractivity contribution is -0.140. The standard InChI is InChI=1S/C26H37N3O3/c1-19(2)32-22-13-11-20(12-14-22)23-24(28-17-15-27(3)16-18-28)26(31)29(25(23)30)21-9-7-5-4-6-8-10-21/h11-14,19,21H,4-10,15-18H2,1-3H3. The van der Waals surface area contributed by atoms with Crippen LogP contribution in [0, 0.1) is 0 Å². The molecule has 0 bridgehead atoms. The van der Waals surface area contributed by atoms with Crippen LogP contribution in [0.25, 0.3) is 5.57 Å². The smallest absolute Gasteiger partial charge is 0.278 e. The first-order valence-electron chi connectivity index (χ1n) is 12.3. The molecule has 6 nitrogen and oxygen atoms in total. The van der Waals surface area contributed by atoms with Gasteiger partial charge in [0.25, 0.3) is 11.8 Å². The summed E-state index contributed by atoms with van der Waals surface area (Å²) in [5, 5.41) is 0. The fourth-order valence-electron chi connectivity index (χ4n) is 5.12. The minimum absolute atomic E-state index is 0.0128. The number of carbonyl (C=O) groups is 2. The van der Waals surface area contributed by atoms with Gasteiger partial charge in [-0.25, -0.2) is 0 Å². The van der Waals surface area contributed by atoms with E-state index in [0.717, 1.165) is 63.2 Å². The van der Waals surface area contributed by atoms with Crippen molar-refractivity contribution in [3.05, 3.63) is 35.5 Å². The number of ether oxygens (including phenoxy) is 1. The molecule has 1 saturated carbocycles. The summed E-state index contributed by atoms with van der Waals surface area (Å²) in [5.74, 6) is 0.564. The van der Waals surface area contributed by atoms with E-state index in [1.54, 1.807) is 4.90 Å². The van der Waals surface area contributed by atoms with Crippen molar-refractivity contribution in [3.63, 3.8) is 0 Å². The van der Waals surface area contributed by atoms with Crippen molar-refractivity contribution < 1.29 is 14.3 Å². The van der Waals surface area contributed by atoms with Crippen molar-refractivity contribution in [2.75, 3.05) is 33.2 Å². The van der Waals surface area contributed by atoms with Crippen molar-refractivity contribution in [3.8, 4) is 5.75 Å². The van der Waals surface area contributed by atoms with Gasteiger partial charge in [-0.1, -0.05) is 44.2 Å². The number of benzene rings is 1. The van der Waals surface area contributed by atoms with Gasteiger partial charge in [-0.15, -0.1) is 0 Å². The molecule has 2 fully saturated rings. The lowest BCUT2D eigenvalue weighted by Crippen LogP contribution is -2.47. The fourth-order valence-corrected chi connectivity index (χ4v) is 5.12. The van der Waals surface area contributed by atoms with Crippen molar-refractivity contribution in [1.82, 2.24) is 14.7 Å². The Morgan fingerprint density at radius 3 is 2.03 bits per heavy atom. The summed E-state index contributed by atoms with van der Waals surface area (Å²) >= 11 is 0. The van der Waals surface area contributed by atoms with E-state index < -0.39 is 0 Å². The lowest BCUT2D eigenvalue weighted by atomic mass is 9.95. The number of amides is 2. The molecule has 1 aromatic carbocycles. The zero-order valence-electron chi connectivity index (χ0n) is 19.8. The van der Waals surface area contributed by atoms with E-state index >= 15 is 0 Å². The predicted octanol–water partition coefficient (Wildman–Crippen LogP) is 3.91. The summed E-state index contributed by atoms with van der Waals surface area (Å²) in [4.78, 5) is 33.5. The van der Waals surface area contributed by atoms with E-state index in [4.69, 9.17) is 4.74 Å². The van der Waals surface area contributed by atoms with Gasteiger partial charge in [-0.3, -0.25) is 14.5 Å². The highest BCUT2D eigenvalue weighted by atomic mass is 16.5. The van der Waals surface area contributed by atoms with Crippen LogP contribution < -0.4 is 4.74 Å². The number of imide groups is 1. The number of hydrogen-bond donors (Lipinski definition) is 0. The molecule has 3 aliphatic rings. The summed E-state index contributed by atoms with van der Waals surface area (Å²) in [5.41, 5.74) is 1.97. The highest BCUT2D eigenvalue weighted by molar-refractivity contribution is 6.35. The van der Waals surface area contributed by atoms with Gasteiger partial charge in [0.2, 0.25) is 0 Å². The topological polar surface area (TPSA) is 53.1 Å². The predicted molar refractivity (Wildman–Crippen MR) is 126 cm³/mol. The minimum atomic E-state index is -0.118. The van der Waals surface area contributed by atoms with Crippen LogP contribution in [-0.2, 0) is 9.59 Å². The molecule has 2 amide bonds. The molecule has 0 atom stereocenters. The monoisotopic (exact) mass is 439 g/mol. The van der Waals surface area contributed by atoms with Gasteiger partial charge in [0.1, 0.15) is 11.4 Å². The molecule has 2 aliphatic heterocycles. The average Bonchev–Trinajstić information content (AvgIpc) is 2.99. The van der Waals surface area contributed by atoms with Gasteiger partial charge in [0, 0.05) is 32.2 Å². The highest BCUT2D eigenvalue weighted by Gasteiger charge is 2.44. The largest absolute Gasteiger partial charge is 0.491 e. The van der Waals surface area contributed by atoms with E-state index in [0.29, 0.717) is 11.3 Å². The SMILES string of the molecule is CC(C)Oc1ccc(C2=C(N3CCN(C)CC3)C(=O)N(C3CCCCCCC3)C2=O)cc1. The molecule has 4 rings (SSSR count). The van der Waals surface area contributed by atoms with Gasteiger partial charge in [0.15, 0.2) is 0 Å². The number of nitrogens with zero attached hydrogens (tertiary/aromatic N) is 3. The second kappa shape index (κ2) is 10.1. The molecule has 6 heteroatoms. The second-order valence-electron chi connectivity index (χ2n) is 9.68. The summed E-state index contributed by atoms with van der Waals surface area (Å²) in [6, 6.07) is 7.67. The third-order valence-corrected chi connectivity index (χ3v) is 6.86. The number of carbonyl (C=O) groups excluding carboxylic acids is 2. The molecule has 0 spiro atoms. The highest BCUT2D eigenvalue weighted by Crippen LogP contribution is 2.36. The Morgan fingerprint density at radius 2 is 1.44 bits per heavy atom. The second-order valence-corrected chi connectivity index (χ2v) is 9.68. The van der Waals surface area contributed by atoms with Crippen LogP contribution in [0.2, 0.25) is 0 Å². The number of hydrogen-bond acceptors (Lipinski definition) is 5. The summed E-state index contributed by atoms with van der Waals surface area (Å²) in [6.45, 7) is 7.30. The number of piperazine rings is 1. The molecule has 0 unspecified atom stereocenters. The first-order chi connectivity index (χ1) is 15.5. The van der Waals surface area contributed by atoms with Gasteiger partial charge >= 0.3 is 0 Å². The zero-order valence-corrected chi connectivity index (χ0v) is 19.8. The Hall–Kier alpha value is -2.34. The Labute approximate surface area is 192 Å². The van der Waals surface area contributed by atoms with Gasteiger partial charge < -0.3 is 14.5 Å². The molecule has 1 aromatic rings. The maximum Gasteiger partial charge on any atom is 0.278 e. The lowest BCUT2D eigenvalue weighted by Gasteiger charge is -2.35.